The molecule has 7 heteroatoms. The monoisotopic (exact) mass is 421 g/mol. The van der Waals surface area contributed by atoms with Crippen molar-refractivity contribution in [1.82, 2.24) is 10.2 Å². The minimum absolute atomic E-state index is 0. The van der Waals surface area contributed by atoms with Crippen molar-refractivity contribution >= 4 is 40.7 Å². The Balaban J connectivity index is 0.00000132. The van der Waals surface area contributed by atoms with Gasteiger partial charge in [0, 0.05) is 37.8 Å². The Labute approximate surface area is 158 Å². The molecule has 128 valence electrons. The van der Waals surface area contributed by atoms with E-state index in [1.807, 2.05) is 6.07 Å². The summed E-state index contributed by atoms with van der Waals surface area (Å²) in [5.74, 6) is 1.06. The summed E-state index contributed by atoms with van der Waals surface area (Å²) in [6, 6.07) is 5.94. The average molecular weight is 423 g/mol. The van der Waals surface area contributed by atoms with Gasteiger partial charge in [0.1, 0.15) is 5.75 Å². The lowest BCUT2D eigenvalue weighted by Crippen LogP contribution is -2.45. The Bertz CT molecular complexity index is 569. The van der Waals surface area contributed by atoms with Crippen LogP contribution in [0, 0.1) is 17.2 Å². The van der Waals surface area contributed by atoms with Crippen LogP contribution in [0.1, 0.15) is 36.4 Å². The number of nitrogens with zero attached hydrogens (tertiary/aromatic N) is 2. The van der Waals surface area contributed by atoms with E-state index in [9.17, 15) is 10.4 Å². The van der Waals surface area contributed by atoms with Crippen LogP contribution in [0.25, 0.3) is 0 Å². The Morgan fingerprint density at radius 2 is 1.96 bits per heavy atom. The molecule has 23 heavy (non-hydrogen) atoms. The quantitative estimate of drug-likeness (QED) is 0.777. The number of aromatic hydroxyl groups is 1. The Kier molecular flexibility index (Phi) is 8.12. The number of halogens is 3. The number of piperazine rings is 1. The van der Waals surface area contributed by atoms with Gasteiger partial charge in [-0.15, -0.1) is 24.8 Å². The standard InChI is InChI=1S/C16H20BrN3O.2ClH/c17-14-8-12(10-18)7-13(16(14)21)15(9-11-1-2-11)20-5-3-19-4-6-20;;/h7-8,11,15,19,21H,1-6,9H2;2*1H/t15-;;/m0../s1. The second-order valence-corrected chi connectivity index (χ2v) is 6.84. The highest BCUT2D eigenvalue weighted by Crippen LogP contribution is 2.44. The number of nitriles is 1. The van der Waals surface area contributed by atoms with Crippen molar-refractivity contribution in [2.45, 2.75) is 25.3 Å². The van der Waals surface area contributed by atoms with E-state index in [2.05, 4.69) is 32.2 Å². The molecule has 0 radical (unpaired) electrons. The molecule has 1 saturated carbocycles. The van der Waals surface area contributed by atoms with Gasteiger partial charge in [-0.1, -0.05) is 12.8 Å². The van der Waals surface area contributed by atoms with Crippen molar-refractivity contribution in [2.24, 2.45) is 5.92 Å². The predicted octanol–water partition coefficient (Wildman–Crippen LogP) is 3.62. The third kappa shape index (κ3) is 4.98. The van der Waals surface area contributed by atoms with Gasteiger partial charge in [-0.2, -0.15) is 5.26 Å². The molecule has 3 rings (SSSR count). The molecule has 0 unspecified atom stereocenters. The van der Waals surface area contributed by atoms with Gasteiger partial charge < -0.3 is 10.4 Å². The maximum Gasteiger partial charge on any atom is 0.134 e. The molecule has 1 aromatic carbocycles. The summed E-state index contributed by atoms with van der Waals surface area (Å²) >= 11 is 3.38. The van der Waals surface area contributed by atoms with Gasteiger partial charge in [-0.3, -0.25) is 4.90 Å². The van der Waals surface area contributed by atoms with E-state index >= 15 is 0 Å². The van der Waals surface area contributed by atoms with E-state index in [0.29, 0.717) is 10.0 Å². The number of nitrogens with one attached hydrogen (secondary N) is 1. The third-order valence-corrected chi connectivity index (χ3v) is 5.03. The summed E-state index contributed by atoms with van der Waals surface area (Å²) in [6.45, 7) is 3.96. The van der Waals surface area contributed by atoms with E-state index in [0.717, 1.165) is 44.1 Å². The molecule has 1 heterocycles. The molecular weight excluding hydrogens is 401 g/mol. The number of phenols is 1. The normalized spacial score (nSPS) is 19.1. The second-order valence-electron chi connectivity index (χ2n) is 5.99. The minimum Gasteiger partial charge on any atom is -0.506 e. The van der Waals surface area contributed by atoms with E-state index < -0.39 is 0 Å². The summed E-state index contributed by atoms with van der Waals surface area (Å²) in [6.07, 6.45) is 3.67. The van der Waals surface area contributed by atoms with Crippen molar-refractivity contribution in [2.75, 3.05) is 26.2 Å². The molecule has 2 aliphatic rings. The highest BCUT2D eigenvalue weighted by atomic mass is 79.9. The zero-order valence-electron chi connectivity index (χ0n) is 12.8. The van der Waals surface area contributed by atoms with Gasteiger partial charge in [0.2, 0.25) is 0 Å². The van der Waals surface area contributed by atoms with Crippen molar-refractivity contribution in [3.63, 3.8) is 0 Å². The molecule has 1 saturated heterocycles. The molecule has 4 nitrogen and oxygen atoms in total. The van der Waals surface area contributed by atoms with E-state index in [1.165, 1.54) is 12.8 Å². The maximum absolute atomic E-state index is 10.5. The molecule has 1 aliphatic carbocycles. The third-order valence-electron chi connectivity index (χ3n) is 4.43. The van der Waals surface area contributed by atoms with Crippen molar-refractivity contribution in [3.05, 3.63) is 27.7 Å². The van der Waals surface area contributed by atoms with Crippen LogP contribution in [0.4, 0.5) is 0 Å². The lowest BCUT2D eigenvalue weighted by Gasteiger charge is -2.36. The Morgan fingerprint density at radius 3 is 2.52 bits per heavy atom. The molecule has 0 amide bonds. The molecular formula is C16H22BrCl2N3O. The van der Waals surface area contributed by atoms with Crippen LogP contribution in [0.3, 0.4) is 0 Å². The Morgan fingerprint density at radius 1 is 1.30 bits per heavy atom. The zero-order chi connectivity index (χ0) is 14.8. The first-order valence-electron chi connectivity index (χ1n) is 7.56. The topological polar surface area (TPSA) is 59.3 Å². The van der Waals surface area contributed by atoms with Crippen molar-refractivity contribution in [1.29, 1.82) is 5.26 Å². The molecule has 0 spiro atoms. The average Bonchev–Trinajstić information content (AvgIpc) is 3.33. The highest BCUT2D eigenvalue weighted by molar-refractivity contribution is 9.10. The van der Waals surface area contributed by atoms with Gasteiger partial charge in [0.15, 0.2) is 0 Å². The van der Waals surface area contributed by atoms with Crippen LogP contribution < -0.4 is 5.32 Å². The summed E-state index contributed by atoms with van der Waals surface area (Å²) < 4.78 is 0.618. The number of phenolic OH excluding ortho intramolecular Hbond substituents is 1. The maximum atomic E-state index is 10.5. The van der Waals surface area contributed by atoms with Crippen LogP contribution in [-0.4, -0.2) is 36.2 Å². The second kappa shape index (κ2) is 9.10. The SMILES string of the molecule is Cl.Cl.N#Cc1cc(Br)c(O)c([C@H](CC2CC2)N2CCNCC2)c1. The summed E-state index contributed by atoms with van der Waals surface area (Å²) in [5.41, 5.74) is 1.50. The molecule has 2 fully saturated rings. The van der Waals surface area contributed by atoms with E-state index in [4.69, 9.17) is 0 Å². The minimum atomic E-state index is 0. The van der Waals surface area contributed by atoms with Gasteiger partial charge >= 0.3 is 0 Å². The summed E-state index contributed by atoms with van der Waals surface area (Å²) in [5, 5.41) is 23.0. The first-order valence-corrected chi connectivity index (χ1v) is 8.35. The Hall–Kier alpha value is -0.510. The molecule has 1 aliphatic heterocycles. The fourth-order valence-electron chi connectivity index (χ4n) is 3.07. The fraction of sp³-hybridized carbons (Fsp3) is 0.562. The van der Waals surface area contributed by atoms with Crippen LogP contribution in [0.15, 0.2) is 16.6 Å². The van der Waals surface area contributed by atoms with Crippen LogP contribution in [0.2, 0.25) is 0 Å². The molecule has 0 bridgehead atoms. The lowest BCUT2D eigenvalue weighted by atomic mass is 9.96. The number of benzene rings is 1. The van der Waals surface area contributed by atoms with Crippen LogP contribution in [0.5, 0.6) is 5.75 Å². The fourth-order valence-corrected chi connectivity index (χ4v) is 3.55. The first-order chi connectivity index (χ1) is 10.2. The summed E-state index contributed by atoms with van der Waals surface area (Å²) in [7, 11) is 0. The molecule has 1 aromatic rings. The van der Waals surface area contributed by atoms with Gasteiger partial charge in [-0.25, -0.2) is 0 Å². The van der Waals surface area contributed by atoms with Crippen molar-refractivity contribution < 1.29 is 5.11 Å². The molecule has 0 aromatic heterocycles. The van der Waals surface area contributed by atoms with Crippen LogP contribution in [-0.2, 0) is 0 Å². The van der Waals surface area contributed by atoms with Gasteiger partial charge in [-0.05, 0) is 40.4 Å². The van der Waals surface area contributed by atoms with Gasteiger partial charge in [0.25, 0.3) is 0 Å². The zero-order valence-corrected chi connectivity index (χ0v) is 16.0. The summed E-state index contributed by atoms with van der Waals surface area (Å²) in [4.78, 5) is 2.44. The smallest absolute Gasteiger partial charge is 0.134 e. The lowest BCUT2D eigenvalue weighted by molar-refractivity contribution is 0.158. The number of rotatable bonds is 4. The largest absolute Gasteiger partial charge is 0.506 e. The van der Waals surface area contributed by atoms with E-state index in [1.54, 1.807) is 6.07 Å². The first kappa shape index (κ1) is 20.5. The predicted molar refractivity (Wildman–Crippen MR) is 99.5 cm³/mol. The van der Waals surface area contributed by atoms with Gasteiger partial charge in [0.05, 0.1) is 16.1 Å². The van der Waals surface area contributed by atoms with Crippen molar-refractivity contribution in [3.8, 4) is 11.8 Å². The molecule has 2 N–H and O–H groups in total. The number of hydrogen-bond acceptors (Lipinski definition) is 4. The van der Waals surface area contributed by atoms with Crippen LogP contribution >= 0.6 is 40.7 Å². The number of hydrogen-bond donors (Lipinski definition) is 2. The van der Waals surface area contributed by atoms with E-state index in [-0.39, 0.29) is 36.6 Å². The highest BCUT2D eigenvalue weighted by Gasteiger charge is 2.32. The molecule has 1 atom stereocenters.